The van der Waals surface area contributed by atoms with Crippen molar-refractivity contribution in [3.8, 4) is 0 Å². The van der Waals surface area contributed by atoms with Crippen molar-refractivity contribution in [2.45, 2.75) is 26.3 Å². The molecule has 5 nitrogen and oxygen atoms in total. The highest BCUT2D eigenvalue weighted by Crippen LogP contribution is 2.13. The van der Waals surface area contributed by atoms with Crippen molar-refractivity contribution in [3.63, 3.8) is 0 Å². The molecule has 0 unspecified atom stereocenters. The molecule has 18 heavy (non-hydrogen) atoms. The molecule has 2 heterocycles. The molecule has 1 amide bonds. The summed E-state index contributed by atoms with van der Waals surface area (Å²) in [5.74, 6) is 0.487. The average molecular weight is 312 g/mol. The first kappa shape index (κ1) is 12.9. The highest BCUT2D eigenvalue weighted by molar-refractivity contribution is 9.10. The molecule has 2 aromatic heterocycles. The summed E-state index contributed by atoms with van der Waals surface area (Å²) in [6.45, 7) is 2.43. The zero-order valence-corrected chi connectivity index (χ0v) is 11.6. The number of carbonyl (C=O) groups excluding carboxylic acids is 1. The number of aryl methyl sites for hydroxylation is 1. The summed E-state index contributed by atoms with van der Waals surface area (Å²) >= 11 is 3.21. The third-order valence-corrected chi connectivity index (χ3v) is 2.86. The van der Waals surface area contributed by atoms with Crippen LogP contribution in [0.25, 0.3) is 0 Å². The third-order valence-electron chi connectivity index (χ3n) is 2.43. The van der Waals surface area contributed by atoms with E-state index in [0.717, 1.165) is 18.5 Å². The van der Waals surface area contributed by atoms with Gasteiger partial charge in [-0.05, 0) is 40.5 Å². The zero-order valence-electron chi connectivity index (χ0n) is 10.00. The van der Waals surface area contributed by atoms with E-state index in [2.05, 4.69) is 38.4 Å². The van der Waals surface area contributed by atoms with Crippen molar-refractivity contribution >= 4 is 21.8 Å². The minimum absolute atomic E-state index is 0.207. The van der Waals surface area contributed by atoms with E-state index >= 15 is 0 Å². The van der Waals surface area contributed by atoms with Gasteiger partial charge in [-0.2, -0.15) is 5.10 Å². The lowest BCUT2D eigenvalue weighted by Crippen LogP contribution is -2.22. The number of hydrogen-bond donors (Lipinski definition) is 2. The smallest absolute Gasteiger partial charge is 0.272 e. The fourth-order valence-corrected chi connectivity index (χ4v) is 1.92. The first-order valence-electron chi connectivity index (χ1n) is 5.75. The van der Waals surface area contributed by atoms with Crippen molar-refractivity contribution in [1.29, 1.82) is 0 Å². The Morgan fingerprint density at radius 1 is 1.56 bits per heavy atom. The van der Waals surface area contributed by atoms with E-state index in [4.69, 9.17) is 4.42 Å². The number of aromatic amines is 1. The maximum absolute atomic E-state index is 11.8. The average Bonchev–Trinajstić information content (AvgIpc) is 2.96. The molecule has 0 aromatic carbocycles. The minimum atomic E-state index is -0.207. The number of rotatable bonds is 5. The number of nitrogens with zero attached hydrogens (tertiary/aromatic N) is 1. The van der Waals surface area contributed by atoms with Gasteiger partial charge >= 0.3 is 0 Å². The van der Waals surface area contributed by atoms with Crippen LogP contribution >= 0.6 is 15.9 Å². The number of aromatic nitrogens is 2. The van der Waals surface area contributed by atoms with Crippen molar-refractivity contribution in [2.24, 2.45) is 0 Å². The van der Waals surface area contributed by atoms with Crippen molar-refractivity contribution in [1.82, 2.24) is 15.5 Å². The van der Waals surface area contributed by atoms with Crippen LogP contribution in [0.15, 0.2) is 27.3 Å². The Hall–Kier alpha value is -1.56. The van der Waals surface area contributed by atoms with Crippen LogP contribution in [0, 0.1) is 0 Å². The summed E-state index contributed by atoms with van der Waals surface area (Å²) in [5, 5.41) is 9.57. The lowest BCUT2D eigenvalue weighted by molar-refractivity contribution is 0.0943. The van der Waals surface area contributed by atoms with E-state index in [1.165, 1.54) is 0 Å². The number of carbonyl (C=O) groups is 1. The predicted octanol–water partition coefficient (Wildman–Crippen LogP) is 2.65. The van der Waals surface area contributed by atoms with E-state index in [0.29, 0.717) is 22.7 Å². The Kier molecular flexibility index (Phi) is 4.19. The summed E-state index contributed by atoms with van der Waals surface area (Å²) in [5.41, 5.74) is 1.38. The highest BCUT2D eigenvalue weighted by atomic mass is 79.9. The van der Waals surface area contributed by atoms with E-state index < -0.39 is 0 Å². The van der Waals surface area contributed by atoms with Gasteiger partial charge in [0, 0.05) is 5.69 Å². The van der Waals surface area contributed by atoms with Gasteiger partial charge in [0.2, 0.25) is 0 Å². The van der Waals surface area contributed by atoms with Gasteiger partial charge in [0.15, 0.2) is 4.67 Å². The lowest BCUT2D eigenvalue weighted by atomic mass is 10.2. The van der Waals surface area contributed by atoms with Gasteiger partial charge in [-0.3, -0.25) is 9.89 Å². The molecule has 0 atom stereocenters. The number of halogens is 1. The van der Waals surface area contributed by atoms with Crippen molar-refractivity contribution < 1.29 is 9.21 Å². The monoisotopic (exact) mass is 311 g/mol. The molecule has 2 aromatic rings. The molecule has 0 saturated heterocycles. The van der Waals surface area contributed by atoms with Crippen LogP contribution in [-0.2, 0) is 13.0 Å². The van der Waals surface area contributed by atoms with Crippen LogP contribution in [0.5, 0.6) is 0 Å². The Bertz CT molecular complexity index is 533. The molecule has 0 aliphatic carbocycles. The van der Waals surface area contributed by atoms with Crippen LogP contribution in [0.2, 0.25) is 0 Å². The first-order valence-corrected chi connectivity index (χ1v) is 6.55. The van der Waals surface area contributed by atoms with Crippen LogP contribution in [-0.4, -0.2) is 16.1 Å². The number of H-pyrrole nitrogens is 1. The summed E-state index contributed by atoms with van der Waals surface area (Å²) < 4.78 is 5.94. The second kappa shape index (κ2) is 5.86. The molecular formula is C12H14BrN3O2. The molecule has 6 heteroatoms. The zero-order chi connectivity index (χ0) is 13.0. The van der Waals surface area contributed by atoms with Gasteiger partial charge < -0.3 is 9.73 Å². The number of amides is 1. The van der Waals surface area contributed by atoms with Gasteiger partial charge in [0.1, 0.15) is 11.5 Å². The van der Waals surface area contributed by atoms with E-state index in [9.17, 15) is 4.79 Å². The van der Waals surface area contributed by atoms with Crippen LogP contribution < -0.4 is 5.32 Å². The molecule has 0 saturated carbocycles. The largest absolute Gasteiger partial charge is 0.452 e. The number of furan rings is 1. The minimum Gasteiger partial charge on any atom is -0.452 e. The molecule has 0 bridgehead atoms. The van der Waals surface area contributed by atoms with Gasteiger partial charge in [0.25, 0.3) is 5.91 Å². The van der Waals surface area contributed by atoms with Gasteiger partial charge in [-0.15, -0.1) is 0 Å². The molecule has 0 spiro atoms. The standard InChI is InChI=1S/C12H14BrN3O2/c1-2-3-8-6-10(16-15-8)12(17)14-7-9-4-5-11(13)18-9/h4-6H,2-3,7H2,1H3,(H,14,17)(H,15,16). The van der Waals surface area contributed by atoms with E-state index in [1.54, 1.807) is 18.2 Å². The number of nitrogens with one attached hydrogen (secondary N) is 2. The number of hydrogen-bond acceptors (Lipinski definition) is 3. The maximum Gasteiger partial charge on any atom is 0.272 e. The van der Waals surface area contributed by atoms with E-state index in [1.807, 2.05) is 0 Å². The summed E-state index contributed by atoms with van der Waals surface area (Å²) in [7, 11) is 0. The summed E-state index contributed by atoms with van der Waals surface area (Å²) in [6.07, 6.45) is 1.91. The summed E-state index contributed by atoms with van der Waals surface area (Å²) in [6, 6.07) is 5.36. The lowest BCUT2D eigenvalue weighted by Gasteiger charge is -1.99. The molecule has 0 fully saturated rings. The Labute approximate surface area is 113 Å². The quantitative estimate of drug-likeness (QED) is 0.891. The Balaban J connectivity index is 1.90. The molecular weight excluding hydrogens is 298 g/mol. The molecule has 0 aliphatic rings. The maximum atomic E-state index is 11.8. The van der Waals surface area contributed by atoms with Crippen molar-refractivity contribution in [3.05, 3.63) is 40.0 Å². The summed E-state index contributed by atoms with van der Waals surface area (Å²) in [4.78, 5) is 11.8. The molecule has 2 N–H and O–H groups in total. The molecule has 0 aliphatic heterocycles. The van der Waals surface area contributed by atoms with Gasteiger partial charge in [-0.1, -0.05) is 13.3 Å². The Morgan fingerprint density at radius 2 is 2.39 bits per heavy atom. The third kappa shape index (κ3) is 3.22. The Morgan fingerprint density at radius 3 is 3.06 bits per heavy atom. The molecule has 0 radical (unpaired) electrons. The predicted molar refractivity (Wildman–Crippen MR) is 70.2 cm³/mol. The SMILES string of the molecule is CCCc1cc(C(=O)NCc2ccc(Br)o2)n[nH]1. The highest BCUT2D eigenvalue weighted by Gasteiger charge is 2.10. The first-order chi connectivity index (χ1) is 8.69. The van der Waals surface area contributed by atoms with Gasteiger partial charge in [-0.25, -0.2) is 0 Å². The normalized spacial score (nSPS) is 10.6. The van der Waals surface area contributed by atoms with E-state index in [-0.39, 0.29) is 5.91 Å². The fourth-order valence-electron chi connectivity index (χ4n) is 1.58. The van der Waals surface area contributed by atoms with Gasteiger partial charge in [0.05, 0.1) is 6.54 Å². The topological polar surface area (TPSA) is 70.9 Å². The van der Waals surface area contributed by atoms with Crippen LogP contribution in [0.4, 0.5) is 0 Å². The van der Waals surface area contributed by atoms with Crippen LogP contribution in [0.1, 0.15) is 35.3 Å². The molecule has 96 valence electrons. The second-order valence-corrected chi connectivity index (χ2v) is 4.70. The fraction of sp³-hybridized carbons (Fsp3) is 0.333. The molecule has 2 rings (SSSR count). The van der Waals surface area contributed by atoms with Crippen molar-refractivity contribution in [2.75, 3.05) is 0 Å². The second-order valence-electron chi connectivity index (χ2n) is 3.92. The van der Waals surface area contributed by atoms with Crippen LogP contribution in [0.3, 0.4) is 0 Å².